The molecule has 2 aliphatic rings. The lowest BCUT2D eigenvalue weighted by atomic mass is 9.88. The van der Waals surface area contributed by atoms with E-state index in [9.17, 15) is 9.59 Å². The first-order chi connectivity index (χ1) is 15.3. The van der Waals surface area contributed by atoms with Crippen molar-refractivity contribution in [1.82, 2.24) is 15.2 Å². The second-order valence-electron chi connectivity index (χ2n) is 8.86. The average molecular weight is 438 g/mol. The van der Waals surface area contributed by atoms with Crippen LogP contribution < -0.4 is 5.32 Å². The van der Waals surface area contributed by atoms with Gasteiger partial charge in [0.25, 0.3) is 0 Å². The summed E-state index contributed by atoms with van der Waals surface area (Å²) in [7, 11) is 0. The van der Waals surface area contributed by atoms with Gasteiger partial charge >= 0.3 is 12.0 Å². The van der Waals surface area contributed by atoms with Crippen molar-refractivity contribution in [3.63, 3.8) is 0 Å². The number of fused-ring (bicyclic) bond motifs is 3. The summed E-state index contributed by atoms with van der Waals surface area (Å²) in [5.74, 6) is -0.431. The molecule has 1 aromatic carbocycles. The molecule has 2 atom stereocenters. The Hall–Kier alpha value is -2.93. The number of hydrogen-bond donors (Lipinski definition) is 1. The molecule has 2 amide bonds. The number of pyridine rings is 1. The van der Waals surface area contributed by atoms with Crippen molar-refractivity contribution in [2.45, 2.75) is 71.9 Å². The molecule has 3 heterocycles. The molecule has 0 fully saturated rings. The van der Waals surface area contributed by atoms with E-state index in [1.54, 1.807) is 25.7 Å². The monoisotopic (exact) mass is 437 g/mol. The van der Waals surface area contributed by atoms with Crippen LogP contribution >= 0.6 is 0 Å². The first kappa shape index (κ1) is 22.3. The van der Waals surface area contributed by atoms with E-state index in [1.807, 2.05) is 18.2 Å². The summed E-state index contributed by atoms with van der Waals surface area (Å²) in [4.78, 5) is 31.8. The van der Waals surface area contributed by atoms with E-state index in [4.69, 9.17) is 14.5 Å². The highest BCUT2D eigenvalue weighted by molar-refractivity contribution is 5.83. The highest BCUT2D eigenvalue weighted by atomic mass is 16.5. The van der Waals surface area contributed by atoms with Gasteiger partial charge < -0.3 is 19.7 Å². The largest absolute Gasteiger partial charge is 0.461 e. The molecule has 2 aromatic rings. The van der Waals surface area contributed by atoms with E-state index in [-0.39, 0.29) is 18.2 Å². The zero-order valence-electron chi connectivity index (χ0n) is 19.2. The van der Waals surface area contributed by atoms with Gasteiger partial charge in [-0.2, -0.15) is 0 Å². The van der Waals surface area contributed by atoms with E-state index in [0.29, 0.717) is 26.1 Å². The number of rotatable bonds is 4. The maximum absolute atomic E-state index is 12.9. The number of carbonyl (C=O) groups is 2. The number of nitrogens with zero attached hydrogens (tertiary/aromatic N) is 2. The lowest BCUT2D eigenvalue weighted by Crippen LogP contribution is -2.49. The lowest BCUT2D eigenvalue weighted by Gasteiger charge is -2.34. The quantitative estimate of drug-likeness (QED) is 0.739. The molecule has 7 nitrogen and oxygen atoms in total. The minimum atomic E-state index is -0.706. The minimum absolute atomic E-state index is 0.126. The predicted octanol–water partition coefficient (Wildman–Crippen LogP) is 3.62. The van der Waals surface area contributed by atoms with E-state index in [0.717, 1.165) is 34.5 Å². The Morgan fingerprint density at radius 1 is 1.16 bits per heavy atom. The van der Waals surface area contributed by atoms with Crippen molar-refractivity contribution in [3.8, 4) is 11.3 Å². The molecule has 4 rings (SSSR count). The van der Waals surface area contributed by atoms with Crippen LogP contribution in [0, 0.1) is 0 Å². The van der Waals surface area contributed by atoms with Gasteiger partial charge in [0.15, 0.2) is 0 Å². The van der Waals surface area contributed by atoms with Crippen LogP contribution in [0.5, 0.6) is 0 Å². The summed E-state index contributed by atoms with van der Waals surface area (Å²) in [5, 5.41) is 2.77. The lowest BCUT2D eigenvalue weighted by molar-refractivity contribution is -0.149. The SMILES string of the molecule is CC(C)OC(=O)[C@H](C)NC(=O)N1CCc2nc(-c3ccccc3)c3c(c2C1)CO[C@@H](C)C3. The van der Waals surface area contributed by atoms with Crippen molar-refractivity contribution in [3.05, 3.63) is 52.7 Å². The fourth-order valence-corrected chi connectivity index (χ4v) is 4.32. The summed E-state index contributed by atoms with van der Waals surface area (Å²) in [6, 6.07) is 9.28. The molecule has 2 aliphatic heterocycles. The standard InChI is InChI=1S/C25H31N3O4/c1-15(2)32-24(29)17(4)26-25(30)28-11-10-22-20(13-28)21-14-31-16(3)12-19(21)23(27-22)18-8-6-5-7-9-18/h5-9,15-17H,10-14H2,1-4H3,(H,26,30)/t16-,17-/m0/s1. The first-order valence-electron chi connectivity index (χ1n) is 11.3. The van der Waals surface area contributed by atoms with E-state index >= 15 is 0 Å². The van der Waals surface area contributed by atoms with Gasteiger partial charge in [0, 0.05) is 37.2 Å². The predicted molar refractivity (Wildman–Crippen MR) is 121 cm³/mol. The van der Waals surface area contributed by atoms with Crippen molar-refractivity contribution >= 4 is 12.0 Å². The molecule has 0 saturated carbocycles. The topological polar surface area (TPSA) is 80.8 Å². The number of esters is 1. The summed E-state index contributed by atoms with van der Waals surface area (Å²) in [5.41, 5.74) is 6.60. The third kappa shape index (κ3) is 4.63. The Balaban J connectivity index is 1.59. The Kier molecular flexibility index (Phi) is 6.46. The zero-order valence-corrected chi connectivity index (χ0v) is 19.2. The molecule has 170 valence electrons. The number of nitrogens with one attached hydrogen (secondary N) is 1. The number of carbonyl (C=O) groups excluding carboxylic acids is 2. The van der Waals surface area contributed by atoms with Crippen molar-refractivity contribution in [2.75, 3.05) is 6.54 Å². The maximum Gasteiger partial charge on any atom is 0.328 e. The van der Waals surface area contributed by atoms with Gasteiger partial charge in [0.2, 0.25) is 0 Å². The molecule has 1 N–H and O–H groups in total. The molecular formula is C25H31N3O4. The summed E-state index contributed by atoms with van der Waals surface area (Å²) in [6.07, 6.45) is 1.36. The number of hydrogen-bond acceptors (Lipinski definition) is 5. The number of ether oxygens (including phenoxy) is 2. The van der Waals surface area contributed by atoms with E-state index in [2.05, 4.69) is 24.4 Å². The second kappa shape index (κ2) is 9.28. The molecule has 0 unspecified atom stereocenters. The molecule has 32 heavy (non-hydrogen) atoms. The number of aromatic nitrogens is 1. The second-order valence-corrected chi connectivity index (χ2v) is 8.86. The van der Waals surface area contributed by atoms with Gasteiger partial charge in [-0.05, 0) is 44.4 Å². The van der Waals surface area contributed by atoms with E-state index in [1.165, 1.54) is 5.56 Å². The highest BCUT2D eigenvalue weighted by Gasteiger charge is 2.31. The first-order valence-corrected chi connectivity index (χ1v) is 11.3. The van der Waals surface area contributed by atoms with Crippen LogP contribution in [0.3, 0.4) is 0 Å². The van der Waals surface area contributed by atoms with Crippen LogP contribution in [0.2, 0.25) is 0 Å². The van der Waals surface area contributed by atoms with Crippen molar-refractivity contribution < 1.29 is 19.1 Å². The number of urea groups is 1. The fraction of sp³-hybridized carbons (Fsp3) is 0.480. The van der Waals surface area contributed by atoms with Gasteiger partial charge in [-0.1, -0.05) is 30.3 Å². The van der Waals surface area contributed by atoms with E-state index < -0.39 is 12.0 Å². The average Bonchev–Trinajstić information content (AvgIpc) is 2.78. The smallest absolute Gasteiger partial charge is 0.328 e. The van der Waals surface area contributed by atoms with Gasteiger partial charge in [-0.25, -0.2) is 9.59 Å². The Morgan fingerprint density at radius 2 is 1.91 bits per heavy atom. The molecule has 0 saturated heterocycles. The van der Waals surface area contributed by atoms with Crippen molar-refractivity contribution in [2.24, 2.45) is 0 Å². The van der Waals surface area contributed by atoms with Crippen LogP contribution in [0.15, 0.2) is 30.3 Å². The summed E-state index contributed by atoms with van der Waals surface area (Å²) < 4.78 is 11.2. The van der Waals surface area contributed by atoms with Crippen LogP contribution in [-0.4, -0.2) is 46.7 Å². The number of benzene rings is 1. The van der Waals surface area contributed by atoms with Crippen LogP contribution in [0.25, 0.3) is 11.3 Å². The molecule has 0 bridgehead atoms. The Labute approximate surface area is 189 Å². The molecule has 0 radical (unpaired) electrons. The normalized spacial score (nSPS) is 18.5. The van der Waals surface area contributed by atoms with Gasteiger partial charge in [0.1, 0.15) is 6.04 Å². The number of amides is 2. The maximum atomic E-state index is 12.9. The fourth-order valence-electron chi connectivity index (χ4n) is 4.32. The van der Waals surface area contributed by atoms with Crippen LogP contribution in [0.1, 0.15) is 50.1 Å². The van der Waals surface area contributed by atoms with Gasteiger partial charge in [0.05, 0.1) is 24.5 Å². The highest BCUT2D eigenvalue weighted by Crippen LogP contribution is 2.35. The molecule has 1 aromatic heterocycles. The Bertz CT molecular complexity index is 1010. The molecule has 0 aliphatic carbocycles. The van der Waals surface area contributed by atoms with Crippen LogP contribution in [-0.2, 0) is 40.3 Å². The third-order valence-corrected chi connectivity index (χ3v) is 5.96. The Morgan fingerprint density at radius 3 is 2.62 bits per heavy atom. The molecule has 0 spiro atoms. The van der Waals surface area contributed by atoms with Crippen LogP contribution in [0.4, 0.5) is 4.79 Å². The third-order valence-electron chi connectivity index (χ3n) is 5.96. The van der Waals surface area contributed by atoms with Gasteiger partial charge in [-0.15, -0.1) is 0 Å². The summed E-state index contributed by atoms with van der Waals surface area (Å²) >= 11 is 0. The van der Waals surface area contributed by atoms with Gasteiger partial charge in [-0.3, -0.25) is 4.98 Å². The summed E-state index contributed by atoms with van der Waals surface area (Å²) in [6.45, 7) is 8.82. The minimum Gasteiger partial charge on any atom is -0.461 e. The zero-order chi connectivity index (χ0) is 22.8. The molecular weight excluding hydrogens is 406 g/mol. The van der Waals surface area contributed by atoms with Crippen molar-refractivity contribution in [1.29, 1.82) is 0 Å². The molecule has 7 heteroatoms.